The number of hydrogen-bond donors (Lipinski definition) is 0. The molecule has 280 valence electrons. The highest BCUT2D eigenvalue weighted by atomic mass is 16.7. The fourth-order valence-electron chi connectivity index (χ4n) is 5.49. The lowest BCUT2D eigenvalue weighted by atomic mass is 9.98. The fourth-order valence-corrected chi connectivity index (χ4v) is 5.49. The first-order valence-corrected chi connectivity index (χ1v) is 17.4. The highest BCUT2D eigenvalue weighted by Gasteiger charge is 2.27. The van der Waals surface area contributed by atoms with Crippen molar-refractivity contribution in [1.82, 2.24) is 0 Å². The van der Waals surface area contributed by atoms with Crippen molar-refractivity contribution in [2.75, 3.05) is 33.5 Å². The summed E-state index contributed by atoms with van der Waals surface area (Å²) in [5, 5.41) is 0. The van der Waals surface area contributed by atoms with Gasteiger partial charge in [0, 0.05) is 17.6 Å². The van der Waals surface area contributed by atoms with E-state index in [1.807, 2.05) is 30.3 Å². The molecule has 53 heavy (non-hydrogen) atoms. The summed E-state index contributed by atoms with van der Waals surface area (Å²) in [6.07, 6.45) is 4.33. The number of fused-ring (bicyclic) bond motifs is 3. The van der Waals surface area contributed by atoms with Gasteiger partial charge in [-0.15, -0.1) is 0 Å². The second kappa shape index (κ2) is 20.2. The molecule has 0 fully saturated rings. The van der Waals surface area contributed by atoms with Crippen LogP contribution in [0.1, 0.15) is 79.3 Å². The predicted octanol–water partition coefficient (Wildman–Crippen LogP) is 7.66. The minimum Gasteiger partial charge on any atom is -0.494 e. The molecule has 12 nitrogen and oxygen atoms in total. The van der Waals surface area contributed by atoms with E-state index in [1.165, 1.54) is 31.4 Å². The zero-order valence-corrected chi connectivity index (χ0v) is 30.0. The molecule has 0 aromatic heterocycles. The van der Waals surface area contributed by atoms with Crippen molar-refractivity contribution in [2.45, 2.75) is 57.8 Å². The molecule has 3 aromatic rings. The van der Waals surface area contributed by atoms with Crippen molar-refractivity contribution in [3.05, 3.63) is 102 Å². The number of methoxy groups -OCH3 is 1. The van der Waals surface area contributed by atoms with Crippen LogP contribution in [0.4, 0.5) is 4.79 Å². The number of rotatable bonds is 20. The number of carbonyl (C=O) groups excluding carboxylic acids is 5. The van der Waals surface area contributed by atoms with Gasteiger partial charge in [-0.2, -0.15) is 0 Å². The summed E-state index contributed by atoms with van der Waals surface area (Å²) in [5.41, 5.74) is 4.75. The van der Waals surface area contributed by atoms with E-state index in [0.29, 0.717) is 31.4 Å². The van der Waals surface area contributed by atoms with Crippen LogP contribution in [-0.4, -0.2) is 63.6 Å². The number of hydrogen-bond acceptors (Lipinski definition) is 12. The quantitative estimate of drug-likeness (QED) is 0.0281. The molecular weight excluding hydrogens is 684 g/mol. The number of carbonyl (C=O) groups is 5. The van der Waals surface area contributed by atoms with Crippen LogP contribution in [0.2, 0.25) is 0 Å². The zero-order valence-electron chi connectivity index (χ0n) is 30.0. The normalized spacial score (nSPS) is 12.4. The van der Waals surface area contributed by atoms with Crippen molar-refractivity contribution in [3.63, 3.8) is 0 Å². The first kappa shape index (κ1) is 39.9. The first-order valence-electron chi connectivity index (χ1n) is 17.4. The minimum absolute atomic E-state index is 0.0358. The Labute approximate surface area is 308 Å². The van der Waals surface area contributed by atoms with Crippen molar-refractivity contribution >= 4 is 30.0 Å². The molecule has 0 amide bonds. The molecule has 0 spiro atoms. The summed E-state index contributed by atoms with van der Waals surface area (Å²) in [7, 11) is 1.25. The molecular formula is C41H44O12. The minimum atomic E-state index is -0.877. The first-order chi connectivity index (χ1) is 25.6. The maximum absolute atomic E-state index is 13.1. The number of benzene rings is 3. The standard InChI is InChI=1S/C41H44O12/c1-5-37(42)49-21-10-11-23-51-41(46)53-31-15-13-30(14-16-31)52-40(45)29-12-18-33-34-19-17-32(26-36(34)28(3)35(33)25-29)48-20-8-6-7-9-22-50-39(44)27(2)24-38(43)47-4/h5,12-19,25-26,28H,1-2,6-11,20-24H2,3-4H3. The van der Waals surface area contributed by atoms with E-state index >= 15 is 0 Å². The third-order valence-corrected chi connectivity index (χ3v) is 8.35. The van der Waals surface area contributed by atoms with Gasteiger partial charge in [-0.3, -0.25) is 4.79 Å². The SMILES string of the molecule is C=CC(=O)OCCCCOC(=O)Oc1ccc(OC(=O)c2ccc3c(c2)C(C)c2cc(OCCCCCCOC(=O)C(=C)CC(=O)OC)ccc2-3)cc1. The van der Waals surface area contributed by atoms with Gasteiger partial charge in [0.25, 0.3) is 0 Å². The average molecular weight is 729 g/mol. The van der Waals surface area contributed by atoms with Gasteiger partial charge in [0.2, 0.25) is 0 Å². The molecule has 0 bridgehead atoms. The predicted molar refractivity (Wildman–Crippen MR) is 194 cm³/mol. The van der Waals surface area contributed by atoms with Crippen LogP contribution in [0, 0.1) is 0 Å². The van der Waals surface area contributed by atoms with Crippen LogP contribution < -0.4 is 14.2 Å². The van der Waals surface area contributed by atoms with Gasteiger partial charge in [-0.1, -0.05) is 32.2 Å². The van der Waals surface area contributed by atoms with Gasteiger partial charge >= 0.3 is 30.0 Å². The van der Waals surface area contributed by atoms with Crippen LogP contribution in [0.15, 0.2) is 85.5 Å². The van der Waals surface area contributed by atoms with Crippen LogP contribution in [0.5, 0.6) is 17.2 Å². The Morgan fingerprint density at radius 3 is 1.92 bits per heavy atom. The molecule has 1 atom stereocenters. The molecule has 0 saturated carbocycles. The van der Waals surface area contributed by atoms with Gasteiger partial charge < -0.3 is 33.2 Å². The van der Waals surface area contributed by atoms with E-state index in [4.69, 9.17) is 28.4 Å². The third-order valence-electron chi connectivity index (χ3n) is 8.35. The molecule has 0 aliphatic heterocycles. The molecule has 1 aliphatic rings. The summed E-state index contributed by atoms with van der Waals surface area (Å²) in [6, 6.07) is 17.6. The molecule has 3 aromatic carbocycles. The van der Waals surface area contributed by atoms with E-state index in [-0.39, 0.29) is 49.2 Å². The fraction of sp³-hybridized carbons (Fsp3) is 0.341. The highest BCUT2D eigenvalue weighted by Crippen LogP contribution is 2.46. The van der Waals surface area contributed by atoms with Crippen molar-refractivity contribution in [3.8, 4) is 28.4 Å². The van der Waals surface area contributed by atoms with Crippen molar-refractivity contribution < 1.29 is 57.1 Å². The topological polar surface area (TPSA) is 150 Å². The lowest BCUT2D eigenvalue weighted by molar-refractivity contribution is -0.144. The maximum Gasteiger partial charge on any atom is 0.513 e. The number of ether oxygens (including phenoxy) is 7. The largest absolute Gasteiger partial charge is 0.513 e. The second-order valence-electron chi connectivity index (χ2n) is 12.2. The Morgan fingerprint density at radius 1 is 0.679 bits per heavy atom. The Bertz CT molecular complexity index is 1790. The van der Waals surface area contributed by atoms with Crippen LogP contribution >= 0.6 is 0 Å². The Morgan fingerprint density at radius 2 is 1.25 bits per heavy atom. The average Bonchev–Trinajstić information content (AvgIpc) is 3.44. The molecule has 0 heterocycles. The van der Waals surface area contributed by atoms with E-state index in [1.54, 1.807) is 6.07 Å². The van der Waals surface area contributed by atoms with Gasteiger partial charge in [-0.25, -0.2) is 19.2 Å². The summed E-state index contributed by atoms with van der Waals surface area (Å²) < 4.78 is 36.3. The summed E-state index contributed by atoms with van der Waals surface area (Å²) in [6.45, 7) is 10.1. The second-order valence-corrected chi connectivity index (χ2v) is 12.2. The van der Waals surface area contributed by atoms with E-state index in [2.05, 4.69) is 24.8 Å². The summed E-state index contributed by atoms with van der Waals surface area (Å²) in [5.74, 6) is -0.833. The van der Waals surface area contributed by atoms with E-state index < -0.39 is 30.0 Å². The third kappa shape index (κ3) is 12.1. The molecule has 12 heteroatoms. The monoisotopic (exact) mass is 728 g/mol. The van der Waals surface area contributed by atoms with Crippen LogP contribution in [0.25, 0.3) is 11.1 Å². The highest BCUT2D eigenvalue weighted by molar-refractivity contribution is 5.94. The Balaban J connectivity index is 1.17. The van der Waals surface area contributed by atoms with Crippen LogP contribution in [-0.2, 0) is 33.3 Å². The van der Waals surface area contributed by atoms with Gasteiger partial charge in [0.05, 0.1) is 45.5 Å². The van der Waals surface area contributed by atoms with E-state index in [9.17, 15) is 24.0 Å². The molecule has 1 unspecified atom stereocenters. The number of unbranched alkanes of at least 4 members (excludes halogenated alkanes) is 4. The van der Waals surface area contributed by atoms with Crippen molar-refractivity contribution in [2.24, 2.45) is 0 Å². The molecule has 4 rings (SSSR count). The maximum atomic E-state index is 13.1. The van der Waals surface area contributed by atoms with Gasteiger partial charge in [-0.05, 0) is 109 Å². The lowest BCUT2D eigenvalue weighted by Gasteiger charge is -2.11. The Kier molecular flexibility index (Phi) is 15.2. The Hall–Kier alpha value is -5.91. The molecule has 0 N–H and O–H groups in total. The molecule has 0 radical (unpaired) electrons. The van der Waals surface area contributed by atoms with Gasteiger partial charge in [0.1, 0.15) is 17.2 Å². The summed E-state index contributed by atoms with van der Waals surface area (Å²) >= 11 is 0. The summed E-state index contributed by atoms with van der Waals surface area (Å²) in [4.78, 5) is 59.2. The smallest absolute Gasteiger partial charge is 0.494 e. The van der Waals surface area contributed by atoms with Crippen LogP contribution in [0.3, 0.4) is 0 Å². The van der Waals surface area contributed by atoms with Gasteiger partial charge in [0.15, 0.2) is 0 Å². The van der Waals surface area contributed by atoms with E-state index in [0.717, 1.165) is 53.3 Å². The molecule has 0 saturated heterocycles. The zero-order chi connectivity index (χ0) is 38.2. The molecule has 1 aliphatic carbocycles. The van der Waals surface area contributed by atoms with Crippen molar-refractivity contribution in [1.29, 1.82) is 0 Å². The lowest BCUT2D eigenvalue weighted by Crippen LogP contribution is -2.12. The number of esters is 4.